The molecule has 1 atom stereocenters. The number of benzene rings is 1. The maximum Gasteiger partial charge on any atom is 0.238 e. The normalized spacial score (nSPS) is 12.2. The number of hydrogen-bond donors (Lipinski definition) is 1. The minimum absolute atomic E-state index is 0.130. The second-order valence-corrected chi connectivity index (χ2v) is 3.91. The molecule has 1 aromatic rings. The van der Waals surface area contributed by atoms with E-state index in [1.54, 1.807) is 6.92 Å². The van der Waals surface area contributed by atoms with Crippen molar-refractivity contribution < 1.29 is 4.79 Å². The van der Waals surface area contributed by atoms with Crippen LogP contribution in [0.2, 0.25) is 0 Å². The molecule has 0 bridgehead atoms. The number of aryl methyl sites for hydroxylation is 1. The summed E-state index contributed by atoms with van der Waals surface area (Å²) in [5, 5.41) is 2.30. The van der Waals surface area contributed by atoms with Crippen LogP contribution in [-0.4, -0.2) is 11.3 Å². The SMILES string of the molecule is Cc1ccccc1CNC(=O)[C@H](C)Cl. The summed E-state index contributed by atoms with van der Waals surface area (Å²) in [6.45, 7) is 4.23. The van der Waals surface area contributed by atoms with E-state index in [0.717, 1.165) is 5.56 Å². The molecule has 0 aliphatic rings. The van der Waals surface area contributed by atoms with Crippen molar-refractivity contribution >= 4 is 17.5 Å². The average Bonchev–Trinajstić information content (AvgIpc) is 2.16. The minimum Gasteiger partial charge on any atom is -0.351 e. The molecule has 2 nitrogen and oxygen atoms in total. The van der Waals surface area contributed by atoms with Crippen LogP contribution >= 0.6 is 11.6 Å². The summed E-state index contributed by atoms with van der Waals surface area (Å²) in [6.07, 6.45) is 0. The van der Waals surface area contributed by atoms with Gasteiger partial charge in [-0.15, -0.1) is 11.6 Å². The quantitative estimate of drug-likeness (QED) is 0.764. The van der Waals surface area contributed by atoms with Crippen molar-refractivity contribution in [3.05, 3.63) is 35.4 Å². The maximum atomic E-state index is 11.2. The first-order chi connectivity index (χ1) is 6.61. The average molecular weight is 212 g/mol. The molecule has 1 rings (SSSR count). The van der Waals surface area contributed by atoms with Gasteiger partial charge >= 0.3 is 0 Å². The Morgan fingerprint density at radius 3 is 2.71 bits per heavy atom. The van der Waals surface area contributed by atoms with Gasteiger partial charge in [0, 0.05) is 6.54 Å². The Kier molecular flexibility index (Phi) is 3.96. The number of alkyl halides is 1. The summed E-state index contributed by atoms with van der Waals surface area (Å²) in [7, 11) is 0. The monoisotopic (exact) mass is 211 g/mol. The van der Waals surface area contributed by atoms with E-state index in [9.17, 15) is 4.79 Å². The maximum absolute atomic E-state index is 11.2. The summed E-state index contributed by atoms with van der Waals surface area (Å²) in [5.41, 5.74) is 2.30. The first kappa shape index (κ1) is 11.1. The molecule has 1 amide bonds. The Labute approximate surface area is 89.3 Å². The highest BCUT2D eigenvalue weighted by atomic mass is 35.5. The molecule has 76 valence electrons. The van der Waals surface area contributed by atoms with Gasteiger partial charge in [-0.3, -0.25) is 4.79 Å². The second kappa shape index (κ2) is 5.01. The highest BCUT2D eigenvalue weighted by Gasteiger charge is 2.08. The highest BCUT2D eigenvalue weighted by molar-refractivity contribution is 6.30. The topological polar surface area (TPSA) is 29.1 Å². The van der Waals surface area contributed by atoms with Crippen molar-refractivity contribution in [3.8, 4) is 0 Å². The third kappa shape index (κ3) is 3.04. The summed E-state index contributed by atoms with van der Waals surface area (Å²) >= 11 is 5.62. The van der Waals surface area contributed by atoms with Crippen LogP contribution in [0.3, 0.4) is 0 Å². The van der Waals surface area contributed by atoms with Gasteiger partial charge in [-0.25, -0.2) is 0 Å². The number of carbonyl (C=O) groups is 1. The van der Waals surface area contributed by atoms with Crippen molar-refractivity contribution in [1.29, 1.82) is 0 Å². The van der Waals surface area contributed by atoms with Gasteiger partial charge in [0.15, 0.2) is 0 Å². The van der Waals surface area contributed by atoms with E-state index in [2.05, 4.69) is 5.32 Å². The van der Waals surface area contributed by atoms with Crippen LogP contribution in [0.1, 0.15) is 18.1 Å². The predicted octanol–water partition coefficient (Wildman–Crippen LogP) is 2.24. The van der Waals surface area contributed by atoms with E-state index < -0.39 is 5.38 Å². The third-order valence-electron chi connectivity index (χ3n) is 2.08. The van der Waals surface area contributed by atoms with Crippen LogP contribution in [0.25, 0.3) is 0 Å². The fraction of sp³-hybridized carbons (Fsp3) is 0.364. The molecule has 14 heavy (non-hydrogen) atoms. The molecule has 0 aliphatic carbocycles. The lowest BCUT2D eigenvalue weighted by atomic mass is 10.1. The van der Waals surface area contributed by atoms with Crippen LogP contribution in [-0.2, 0) is 11.3 Å². The lowest BCUT2D eigenvalue weighted by molar-refractivity contribution is -0.120. The largest absolute Gasteiger partial charge is 0.351 e. The van der Waals surface area contributed by atoms with E-state index in [1.165, 1.54) is 5.56 Å². The fourth-order valence-corrected chi connectivity index (χ4v) is 1.21. The number of halogens is 1. The van der Waals surface area contributed by atoms with Crippen LogP contribution in [0.5, 0.6) is 0 Å². The van der Waals surface area contributed by atoms with Crippen LogP contribution in [0.4, 0.5) is 0 Å². The van der Waals surface area contributed by atoms with Gasteiger partial charge in [-0.05, 0) is 25.0 Å². The predicted molar refractivity (Wildman–Crippen MR) is 58.3 cm³/mol. The van der Waals surface area contributed by atoms with Crippen molar-refractivity contribution in [1.82, 2.24) is 5.32 Å². The van der Waals surface area contributed by atoms with E-state index in [-0.39, 0.29) is 5.91 Å². The van der Waals surface area contributed by atoms with Gasteiger partial charge in [0.1, 0.15) is 5.38 Å². The second-order valence-electron chi connectivity index (χ2n) is 3.26. The lowest BCUT2D eigenvalue weighted by Gasteiger charge is -2.08. The van der Waals surface area contributed by atoms with Crippen LogP contribution < -0.4 is 5.32 Å². The van der Waals surface area contributed by atoms with E-state index in [4.69, 9.17) is 11.6 Å². The van der Waals surface area contributed by atoms with Crippen LogP contribution in [0.15, 0.2) is 24.3 Å². The number of carbonyl (C=O) groups excluding carboxylic acids is 1. The molecule has 0 spiro atoms. The van der Waals surface area contributed by atoms with Gasteiger partial charge in [-0.2, -0.15) is 0 Å². The zero-order valence-corrected chi connectivity index (χ0v) is 9.14. The van der Waals surface area contributed by atoms with Crippen LogP contribution in [0, 0.1) is 6.92 Å². The molecular formula is C11H14ClNO. The molecule has 0 saturated heterocycles. The number of nitrogens with one attached hydrogen (secondary N) is 1. The fourth-order valence-electron chi connectivity index (χ4n) is 1.13. The molecule has 0 unspecified atom stereocenters. The van der Waals surface area contributed by atoms with E-state index in [0.29, 0.717) is 6.54 Å². The number of amides is 1. The Hall–Kier alpha value is -1.02. The van der Waals surface area contributed by atoms with Crippen molar-refractivity contribution in [2.24, 2.45) is 0 Å². The molecule has 1 N–H and O–H groups in total. The van der Waals surface area contributed by atoms with Gasteiger partial charge in [0.05, 0.1) is 0 Å². The summed E-state index contributed by atoms with van der Waals surface area (Å²) in [5.74, 6) is -0.130. The zero-order valence-electron chi connectivity index (χ0n) is 8.38. The third-order valence-corrected chi connectivity index (χ3v) is 2.27. The Morgan fingerprint density at radius 2 is 2.14 bits per heavy atom. The summed E-state index contributed by atoms with van der Waals surface area (Å²) in [4.78, 5) is 11.2. The molecule has 0 aliphatic heterocycles. The summed E-state index contributed by atoms with van der Waals surface area (Å²) in [6, 6.07) is 7.95. The smallest absolute Gasteiger partial charge is 0.238 e. The van der Waals surface area contributed by atoms with Gasteiger partial charge in [-0.1, -0.05) is 24.3 Å². The minimum atomic E-state index is -0.473. The van der Waals surface area contributed by atoms with E-state index in [1.807, 2.05) is 31.2 Å². The Morgan fingerprint density at radius 1 is 1.50 bits per heavy atom. The number of rotatable bonds is 3. The molecule has 0 saturated carbocycles. The standard InChI is InChI=1S/C11H14ClNO/c1-8-5-3-4-6-10(8)7-13-11(14)9(2)12/h3-6,9H,7H2,1-2H3,(H,13,14)/t9-/m0/s1. The highest BCUT2D eigenvalue weighted by Crippen LogP contribution is 2.06. The summed E-state index contributed by atoms with van der Waals surface area (Å²) < 4.78 is 0. The van der Waals surface area contributed by atoms with Crippen molar-refractivity contribution in [3.63, 3.8) is 0 Å². The van der Waals surface area contributed by atoms with Gasteiger partial charge in [0.25, 0.3) is 0 Å². The molecule has 3 heteroatoms. The van der Waals surface area contributed by atoms with Crippen molar-refractivity contribution in [2.45, 2.75) is 25.8 Å². The first-order valence-electron chi connectivity index (χ1n) is 4.57. The van der Waals surface area contributed by atoms with Gasteiger partial charge in [0.2, 0.25) is 5.91 Å². The molecular weight excluding hydrogens is 198 g/mol. The van der Waals surface area contributed by atoms with E-state index >= 15 is 0 Å². The molecule has 0 fully saturated rings. The first-order valence-corrected chi connectivity index (χ1v) is 5.01. The Balaban J connectivity index is 2.54. The molecule has 0 aromatic heterocycles. The molecule has 1 aromatic carbocycles. The molecule has 0 heterocycles. The molecule has 0 radical (unpaired) electrons. The number of hydrogen-bond acceptors (Lipinski definition) is 1. The zero-order chi connectivity index (χ0) is 10.6. The van der Waals surface area contributed by atoms with Gasteiger partial charge < -0.3 is 5.32 Å². The Bertz CT molecular complexity index is 323. The van der Waals surface area contributed by atoms with Crippen molar-refractivity contribution in [2.75, 3.05) is 0 Å². The lowest BCUT2D eigenvalue weighted by Crippen LogP contribution is -2.29.